The molecule has 0 amide bonds. The molecule has 0 radical (unpaired) electrons. The summed E-state index contributed by atoms with van der Waals surface area (Å²) in [5.74, 6) is 0.970. The smallest absolute Gasteiger partial charge is 0.193 e. The molecule has 1 unspecified atom stereocenters. The third-order valence-electron chi connectivity index (χ3n) is 3.50. The minimum Gasteiger partial charge on any atom is -0.379 e. The van der Waals surface area contributed by atoms with Crippen LogP contribution >= 0.6 is 0 Å². The van der Waals surface area contributed by atoms with Gasteiger partial charge in [-0.05, 0) is 25.7 Å². The zero-order valence-corrected chi connectivity index (χ0v) is 13.4. The van der Waals surface area contributed by atoms with Gasteiger partial charge in [-0.25, -0.2) is 0 Å². The average molecular weight is 285 g/mol. The van der Waals surface area contributed by atoms with Gasteiger partial charge in [0.25, 0.3) is 0 Å². The lowest BCUT2D eigenvalue weighted by Crippen LogP contribution is -2.40. The summed E-state index contributed by atoms with van der Waals surface area (Å²) in [6.45, 7) is 6.57. The fourth-order valence-electron chi connectivity index (χ4n) is 2.25. The number of hydrogen-bond donors (Lipinski definition) is 1. The Kier molecular flexibility index (Phi) is 9.41. The van der Waals surface area contributed by atoms with E-state index in [1.54, 1.807) is 0 Å². The minimum atomic E-state index is 0.330. The molecule has 1 aliphatic rings. The van der Waals surface area contributed by atoms with Crippen LogP contribution in [0.2, 0.25) is 0 Å². The summed E-state index contributed by atoms with van der Waals surface area (Å²) >= 11 is 0. The second kappa shape index (κ2) is 10.9. The second-order valence-corrected chi connectivity index (χ2v) is 5.31. The predicted octanol–water partition coefficient (Wildman–Crippen LogP) is 1.88. The maximum Gasteiger partial charge on any atom is 0.193 e. The number of aliphatic imine (C=N–C) groups is 1. The average Bonchev–Trinajstić information content (AvgIpc) is 2.97. The molecule has 0 aromatic carbocycles. The lowest BCUT2D eigenvalue weighted by molar-refractivity contribution is 0.0168. The highest BCUT2D eigenvalue weighted by Gasteiger charge is 2.14. The van der Waals surface area contributed by atoms with Crippen molar-refractivity contribution in [3.05, 3.63) is 0 Å². The summed E-state index contributed by atoms with van der Waals surface area (Å²) in [6.07, 6.45) is 6.05. The third kappa shape index (κ3) is 7.10. The minimum absolute atomic E-state index is 0.330. The second-order valence-electron chi connectivity index (χ2n) is 5.31. The van der Waals surface area contributed by atoms with Gasteiger partial charge in [-0.15, -0.1) is 0 Å². The monoisotopic (exact) mass is 285 g/mol. The summed E-state index contributed by atoms with van der Waals surface area (Å²) in [4.78, 5) is 6.47. The summed E-state index contributed by atoms with van der Waals surface area (Å²) in [6, 6.07) is 0. The van der Waals surface area contributed by atoms with Gasteiger partial charge < -0.3 is 19.7 Å². The molecule has 0 aromatic heterocycles. The molecule has 1 rings (SSSR count). The maximum atomic E-state index is 5.64. The first-order valence-corrected chi connectivity index (χ1v) is 7.89. The first kappa shape index (κ1) is 17.2. The van der Waals surface area contributed by atoms with Crippen LogP contribution in [0.4, 0.5) is 0 Å². The van der Waals surface area contributed by atoms with E-state index in [1.165, 1.54) is 19.3 Å². The molecule has 1 fully saturated rings. The van der Waals surface area contributed by atoms with Gasteiger partial charge >= 0.3 is 0 Å². The van der Waals surface area contributed by atoms with Crippen molar-refractivity contribution in [1.82, 2.24) is 10.2 Å². The third-order valence-corrected chi connectivity index (χ3v) is 3.50. The highest BCUT2D eigenvalue weighted by molar-refractivity contribution is 5.79. The summed E-state index contributed by atoms with van der Waals surface area (Å²) in [7, 11) is 3.91. The molecule has 20 heavy (non-hydrogen) atoms. The van der Waals surface area contributed by atoms with Crippen LogP contribution in [0.1, 0.15) is 39.0 Å². The molecular weight excluding hydrogens is 254 g/mol. The van der Waals surface area contributed by atoms with Crippen molar-refractivity contribution in [2.24, 2.45) is 4.99 Å². The Morgan fingerprint density at radius 3 is 2.95 bits per heavy atom. The topological polar surface area (TPSA) is 46.1 Å². The van der Waals surface area contributed by atoms with Crippen molar-refractivity contribution in [1.29, 1.82) is 0 Å². The highest BCUT2D eigenvalue weighted by atomic mass is 16.5. The number of nitrogens with zero attached hydrogens (tertiary/aromatic N) is 2. The maximum absolute atomic E-state index is 5.64. The Hall–Kier alpha value is -0.810. The summed E-state index contributed by atoms with van der Waals surface area (Å²) in [5, 5.41) is 3.37. The van der Waals surface area contributed by atoms with Crippen LogP contribution in [-0.4, -0.2) is 64.0 Å². The standard InChI is InChI=1S/C15H31N3O2/c1-4-5-10-18(3)15(16-2)17-9-7-11-19-13-14-8-6-12-20-14/h14H,4-13H2,1-3H3,(H,16,17). The molecule has 0 aliphatic carbocycles. The van der Waals surface area contributed by atoms with Crippen molar-refractivity contribution in [3.8, 4) is 0 Å². The molecule has 5 heteroatoms. The molecular formula is C15H31N3O2. The molecule has 118 valence electrons. The number of nitrogens with one attached hydrogen (secondary N) is 1. The Balaban J connectivity index is 2.00. The van der Waals surface area contributed by atoms with Gasteiger partial charge in [-0.3, -0.25) is 4.99 Å². The number of ether oxygens (including phenoxy) is 2. The van der Waals surface area contributed by atoms with E-state index in [1.807, 2.05) is 7.05 Å². The molecule has 1 saturated heterocycles. The Labute approximate surface area is 123 Å². The molecule has 1 heterocycles. The van der Waals surface area contributed by atoms with Gasteiger partial charge in [-0.1, -0.05) is 13.3 Å². The summed E-state index contributed by atoms with van der Waals surface area (Å²) < 4.78 is 11.2. The number of hydrogen-bond acceptors (Lipinski definition) is 3. The van der Waals surface area contributed by atoms with Crippen LogP contribution in [0.3, 0.4) is 0 Å². The van der Waals surface area contributed by atoms with Gasteiger partial charge in [0.15, 0.2) is 5.96 Å². The molecule has 0 spiro atoms. The SMILES string of the molecule is CCCCN(C)C(=NC)NCCCOCC1CCCO1. The lowest BCUT2D eigenvalue weighted by atomic mass is 10.2. The van der Waals surface area contributed by atoms with Crippen molar-refractivity contribution in [2.45, 2.75) is 45.1 Å². The van der Waals surface area contributed by atoms with E-state index in [-0.39, 0.29) is 0 Å². The number of rotatable bonds is 9. The Morgan fingerprint density at radius 1 is 1.45 bits per heavy atom. The fourth-order valence-corrected chi connectivity index (χ4v) is 2.25. The van der Waals surface area contributed by atoms with E-state index < -0.39 is 0 Å². The van der Waals surface area contributed by atoms with E-state index in [2.05, 4.69) is 29.2 Å². The first-order valence-electron chi connectivity index (χ1n) is 7.89. The van der Waals surface area contributed by atoms with Crippen LogP contribution in [0.5, 0.6) is 0 Å². The van der Waals surface area contributed by atoms with Crippen LogP contribution in [0, 0.1) is 0 Å². The first-order chi connectivity index (χ1) is 9.77. The van der Waals surface area contributed by atoms with Gasteiger partial charge in [-0.2, -0.15) is 0 Å². The highest BCUT2D eigenvalue weighted by Crippen LogP contribution is 2.11. The Bertz CT molecular complexity index is 266. The van der Waals surface area contributed by atoms with Gasteiger partial charge in [0, 0.05) is 40.4 Å². The molecule has 1 N–H and O–H groups in total. The Morgan fingerprint density at radius 2 is 2.30 bits per heavy atom. The van der Waals surface area contributed by atoms with Crippen LogP contribution in [0.15, 0.2) is 4.99 Å². The largest absolute Gasteiger partial charge is 0.379 e. The number of unbranched alkanes of at least 4 members (excludes halogenated alkanes) is 1. The van der Waals surface area contributed by atoms with E-state index >= 15 is 0 Å². The molecule has 0 aromatic rings. The molecule has 5 nitrogen and oxygen atoms in total. The predicted molar refractivity (Wildman–Crippen MR) is 83.3 cm³/mol. The van der Waals surface area contributed by atoms with Crippen molar-refractivity contribution in [3.63, 3.8) is 0 Å². The van der Waals surface area contributed by atoms with E-state index in [0.29, 0.717) is 6.10 Å². The quantitative estimate of drug-likeness (QED) is 0.399. The zero-order valence-electron chi connectivity index (χ0n) is 13.4. The molecule has 0 saturated carbocycles. The van der Waals surface area contributed by atoms with Crippen molar-refractivity contribution >= 4 is 5.96 Å². The van der Waals surface area contributed by atoms with Crippen molar-refractivity contribution < 1.29 is 9.47 Å². The van der Waals surface area contributed by atoms with Crippen molar-refractivity contribution in [2.75, 3.05) is 47.0 Å². The van der Waals surface area contributed by atoms with E-state index in [4.69, 9.17) is 9.47 Å². The van der Waals surface area contributed by atoms with E-state index in [0.717, 1.165) is 51.7 Å². The lowest BCUT2D eigenvalue weighted by Gasteiger charge is -2.21. The van der Waals surface area contributed by atoms with Crippen LogP contribution in [0.25, 0.3) is 0 Å². The van der Waals surface area contributed by atoms with E-state index in [9.17, 15) is 0 Å². The zero-order chi connectivity index (χ0) is 14.6. The normalized spacial score (nSPS) is 19.4. The molecule has 0 bridgehead atoms. The van der Waals surface area contributed by atoms with Gasteiger partial charge in [0.05, 0.1) is 12.7 Å². The molecule has 1 atom stereocenters. The summed E-state index contributed by atoms with van der Waals surface area (Å²) in [5.41, 5.74) is 0. The van der Waals surface area contributed by atoms with Gasteiger partial charge in [0.2, 0.25) is 0 Å². The molecule has 1 aliphatic heterocycles. The number of guanidine groups is 1. The fraction of sp³-hybridized carbons (Fsp3) is 0.933. The van der Waals surface area contributed by atoms with Gasteiger partial charge in [0.1, 0.15) is 0 Å². The van der Waals surface area contributed by atoms with Crippen LogP contribution < -0.4 is 5.32 Å². The van der Waals surface area contributed by atoms with Crippen LogP contribution in [-0.2, 0) is 9.47 Å².